The molecule has 0 N–H and O–H groups in total. The third-order valence-corrected chi connectivity index (χ3v) is 7.49. The second-order valence-corrected chi connectivity index (χ2v) is 9.81. The van der Waals surface area contributed by atoms with Crippen LogP contribution in [0.3, 0.4) is 0 Å². The lowest BCUT2D eigenvalue weighted by Gasteiger charge is -2.28. The number of carbonyl (C=O) groups excluding carboxylic acids is 3. The third kappa shape index (κ3) is 5.43. The first kappa shape index (κ1) is 24.9. The smallest absolute Gasteiger partial charge is 0.338 e. The fraction of sp³-hybridized carbons (Fsp3) is 0.192. The highest BCUT2D eigenvalue weighted by Gasteiger charge is 2.35. The van der Waals surface area contributed by atoms with Crippen LogP contribution in [0.1, 0.15) is 34.1 Å². The predicted molar refractivity (Wildman–Crippen MR) is 129 cm³/mol. The molecule has 0 radical (unpaired) electrons. The predicted octanol–water partition coefficient (Wildman–Crippen LogP) is 4.89. The Morgan fingerprint density at radius 3 is 1.94 bits per heavy atom. The van der Waals surface area contributed by atoms with E-state index >= 15 is 0 Å². The number of carbonyl (C=O) groups is 3. The van der Waals surface area contributed by atoms with Gasteiger partial charge in [0.15, 0.2) is 0 Å². The summed E-state index contributed by atoms with van der Waals surface area (Å²) in [5.74, 6) is -0.430. The van der Waals surface area contributed by atoms with Gasteiger partial charge in [0, 0.05) is 5.56 Å². The van der Waals surface area contributed by atoms with Gasteiger partial charge in [0.1, 0.15) is 19.1 Å². The fourth-order valence-corrected chi connectivity index (χ4v) is 5.62. The number of esters is 2. The summed E-state index contributed by atoms with van der Waals surface area (Å²) in [6.07, 6.45) is 0.797. The van der Waals surface area contributed by atoms with Crippen molar-refractivity contribution in [3.05, 3.63) is 83.9 Å². The van der Waals surface area contributed by atoms with Gasteiger partial charge in [-0.05, 0) is 48.4 Å². The van der Waals surface area contributed by atoms with Gasteiger partial charge in [-0.1, -0.05) is 43.3 Å². The maximum Gasteiger partial charge on any atom is 0.338 e. The second kappa shape index (κ2) is 11.4. The van der Waals surface area contributed by atoms with Crippen molar-refractivity contribution in [2.75, 3.05) is 19.4 Å². The SMILES string of the molecule is C=O.CCCOC(=O)c1ccc(C(=O)OCCP2(=O)Oc3ccccc3-c3ccccc32)cc1. The molecular formula is C26H25O7P. The molecule has 0 aromatic heterocycles. The highest BCUT2D eigenvalue weighted by Crippen LogP contribution is 2.54. The molecule has 0 saturated heterocycles. The van der Waals surface area contributed by atoms with E-state index in [0.717, 1.165) is 17.5 Å². The molecule has 1 atom stereocenters. The first-order valence-electron chi connectivity index (χ1n) is 10.7. The summed E-state index contributed by atoms with van der Waals surface area (Å²) in [6.45, 7) is 4.20. The van der Waals surface area contributed by atoms with Crippen LogP contribution in [0.15, 0.2) is 72.8 Å². The lowest BCUT2D eigenvalue weighted by atomic mass is 10.0. The minimum Gasteiger partial charge on any atom is -0.462 e. The number of rotatable bonds is 7. The van der Waals surface area contributed by atoms with Crippen LogP contribution in [0.25, 0.3) is 11.1 Å². The minimum atomic E-state index is -3.25. The summed E-state index contributed by atoms with van der Waals surface area (Å²) < 4.78 is 30.0. The van der Waals surface area contributed by atoms with Gasteiger partial charge < -0.3 is 18.8 Å². The Labute approximate surface area is 198 Å². The van der Waals surface area contributed by atoms with E-state index in [4.69, 9.17) is 18.8 Å². The molecule has 0 saturated carbocycles. The van der Waals surface area contributed by atoms with E-state index in [9.17, 15) is 14.2 Å². The molecule has 8 heteroatoms. The molecule has 3 aromatic carbocycles. The van der Waals surface area contributed by atoms with E-state index in [2.05, 4.69) is 0 Å². The highest BCUT2D eigenvalue weighted by molar-refractivity contribution is 7.67. The van der Waals surface area contributed by atoms with Crippen molar-refractivity contribution in [3.8, 4) is 16.9 Å². The number of para-hydroxylation sites is 1. The molecule has 0 aliphatic carbocycles. The summed E-state index contributed by atoms with van der Waals surface area (Å²) in [6, 6.07) is 21.0. The number of ether oxygens (including phenoxy) is 2. The largest absolute Gasteiger partial charge is 0.462 e. The van der Waals surface area contributed by atoms with Gasteiger partial charge in [0.25, 0.3) is 7.37 Å². The zero-order valence-electron chi connectivity index (χ0n) is 18.8. The Morgan fingerprint density at radius 1 is 0.794 bits per heavy atom. The lowest BCUT2D eigenvalue weighted by Crippen LogP contribution is -2.22. The van der Waals surface area contributed by atoms with Gasteiger partial charge in [-0.25, -0.2) is 9.59 Å². The van der Waals surface area contributed by atoms with Crippen LogP contribution in [0.4, 0.5) is 0 Å². The zero-order valence-corrected chi connectivity index (χ0v) is 19.7. The quantitative estimate of drug-likeness (QED) is 0.351. The molecule has 1 aliphatic rings. The summed E-state index contributed by atoms with van der Waals surface area (Å²) in [4.78, 5) is 32.3. The maximum atomic E-state index is 13.7. The number of fused-ring (bicyclic) bond motifs is 3. The van der Waals surface area contributed by atoms with E-state index in [0.29, 0.717) is 28.8 Å². The number of benzene rings is 3. The molecule has 7 nitrogen and oxygen atoms in total. The maximum absolute atomic E-state index is 13.7. The fourth-order valence-electron chi connectivity index (χ4n) is 3.50. The summed E-state index contributed by atoms with van der Waals surface area (Å²) in [5, 5.41) is 0.629. The van der Waals surface area contributed by atoms with Crippen molar-refractivity contribution in [1.29, 1.82) is 0 Å². The Balaban J connectivity index is 0.00000158. The molecule has 3 aromatic rings. The normalized spacial score (nSPS) is 15.4. The Kier molecular flexibility index (Phi) is 8.39. The molecule has 0 bridgehead atoms. The molecule has 1 heterocycles. The molecule has 0 fully saturated rings. The van der Waals surface area contributed by atoms with E-state index in [-0.39, 0.29) is 12.8 Å². The van der Waals surface area contributed by atoms with Crippen molar-refractivity contribution < 1.29 is 32.9 Å². The molecule has 176 valence electrons. The molecule has 0 spiro atoms. The molecule has 1 unspecified atom stereocenters. The van der Waals surface area contributed by atoms with Crippen molar-refractivity contribution in [2.45, 2.75) is 13.3 Å². The first-order valence-corrected chi connectivity index (χ1v) is 12.5. The van der Waals surface area contributed by atoms with E-state index in [1.807, 2.05) is 50.1 Å². The Morgan fingerprint density at radius 2 is 1.32 bits per heavy atom. The van der Waals surface area contributed by atoms with Gasteiger partial charge >= 0.3 is 11.9 Å². The first-order chi connectivity index (χ1) is 16.5. The van der Waals surface area contributed by atoms with Crippen LogP contribution in [0.5, 0.6) is 5.75 Å². The molecule has 0 amide bonds. The van der Waals surface area contributed by atoms with Crippen LogP contribution >= 0.6 is 7.37 Å². The Hall–Kier alpha value is -3.70. The average Bonchev–Trinajstić information content (AvgIpc) is 2.88. The summed E-state index contributed by atoms with van der Waals surface area (Å²) >= 11 is 0. The van der Waals surface area contributed by atoms with Crippen LogP contribution in [-0.2, 0) is 18.8 Å². The highest BCUT2D eigenvalue weighted by atomic mass is 31.2. The van der Waals surface area contributed by atoms with Crippen LogP contribution < -0.4 is 9.83 Å². The monoisotopic (exact) mass is 480 g/mol. The van der Waals surface area contributed by atoms with Crippen molar-refractivity contribution in [3.63, 3.8) is 0 Å². The van der Waals surface area contributed by atoms with Gasteiger partial charge in [0.05, 0.1) is 29.2 Å². The van der Waals surface area contributed by atoms with Gasteiger partial charge in [-0.2, -0.15) is 0 Å². The molecule has 4 rings (SSSR count). The van der Waals surface area contributed by atoms with Gasteiger partial charge in [-0.15, -0.1) is 0 Å². The van der Waals surface area contributed by atoms with Crippen LogP contribution in [-0.4, -0.2) is 38.1 Å². The van der Waals surface area contributed by atoms with E-state index in [1.165, 1.54) is 24.3 Å². The van der Waals surface area contributed by atoms with Gasteiger partial charge in [-0.3, -0.25) is 4.57 Å². The Bertz CT molecular complexity index is 1200. The number of hydrogen-bond donors (Lipinski definition) is 0. The van der Waals surface area contributed by atoms with Crippen LogP contribution in [0, 0.1) is 0 Å². The standard InChI is InChI=1S/C25H23O6P.CH2O/c1-2-15-29-24(26)18-11-13-19(14-12-18)25(27)30-16-17-32(28)23-10-6-4-8-21(23)20-7-3-5-9-22(20)31-32;1-2/h3-14H,2,15-17H2,1H3;1H2. The van der Waals surface area contributed by atoms with Crippen molar-refractivity contribution in [2.24, 2.45) is 0 Å². The minimum absolute atomic E-state index is 0.0610. The third-order valence-electron chi connectivity index (χ3n) is 5.11. The van der Waals surface area contributed by atoms with Crippen LogP contribution in [0.2, 0.25) is 0 Å². The summed E-state index contributed by atoms with van der Waals surface area (Å²) in [5.41, 5.74) is 2.43. The second-order valence-electron chi connectivity index (χ2n) is 7.35. The van der Waals surface area contributed by atoms with Gasteiger partial charge in [0.2, 0.25) is 0 Å². The van der Waals surface area contributed by atoms with E-state index in [1.54, 1.807) is 12.1 Å². The lowest BCUT2D eigenvalue weighted by molar-refractivity contribution is -0.0980. The van der Waals surface area contributed by atoms with Crippen molar-refractivity contribution >= 4 is 31.4 Å². The molecule has 1 aliphatic heterocycles. The van der Waals surface area contributed by atoms with Crippen molar-refractivity contribution in [1.82, 2.24) is 0 Å². The zero-order chi connectivity index (χ0) is 24.6. The molecule has 34 heavy (non-hydrogen) atoms. The topological polar surface area (TPSA) is 96.0 Å². The number of hydrogen-bond acceptors (Lipinski definition) is 7. The van der Waals surface area contributed by atoms with E-state index < -0.39 is 19.3 Å². The molecular weight excluding hydrogens is 455 g/mol. The summed E-state index contributed by atoms with van der Waals surface area (Å²) in [7, 11) is -3.25. The average molecular weight is 480 g/mol.